The Morgan fingerprint density at radius 1 is 0.940 bits per heavy atom. The van der Waals surface area contributed by atoms with Gasteiger partial charge in [0.05, 0.1) is 17.1 Å². The molecule has 3 atom stereocenters. The van der Waals surface area contributed by atoms with Crippen molar-refractivity contribution >= 4 is 70.8 Å². The number of thioether (sulfide) groups is 2. The van der Waals surface area contributed by atoms with Gasteiger partial charge in [0.15, 0.2) is 0 Å². The first-order valence-corrected chi connectivity index (χ1v) is 18.5. The van der Waals surface area contributed by atoms with Crippen molar-refractivity contribution < 1.29 is 39.2 Å². The minimum absolute atomic E-state index is 0.00467. The Labute approximate surface area is 296 Å². The van der Waals surface area contributed by atoms with Crippen LogP contribution in [-0.2, 0) is 14.4 Å². The van der Waals surface area contributed by atoms with E-state index in [1.165, 1.54) is 18.2 Å². The average Bonchev–Trinajstić information content (AvgIpc) is 3.65. The summed E-state index contributed by atoms with van der Waals surface area (Å²) < 4.78 is 6.02. The number of ether oxygens (including phenoxy) is 1. The molecule has 11 nitrogen and oxygen atoms in total. The van der Waals surface area contributed by atoms with E-state index in [0.29, 0.717) is 67.8 Å². The second-order valence-electron chi connectivity index (χ2n) is 12.7. The lowest BCUT2D eigenvalue weighted by molar-refractivity contribution is -0.137. The zero-order valence-corrected chi connectivity index (χ0v) is 28.8. The van der Waals surface area contributed by atoms with E-state index in [-0.39, 0.29) is 41.1 Å². The fraction of sp³-hybridized carbons (Fsp3) is 0.324. The van der Waals surface area contributed by atoms with Gasteiger partial charge >= 0.3 is 11.9 Å². The molecule has 1 saturated carbocycles. The molecule has 2 fully saturated rings. The largest absolute Gasteiger partial charge is 0.508 e. The molecule has 3 aromatic rings. The molecule has 2 amide bonds. The molecule has 3 aromatic carbocycles. The summed E-state index contributed by atoms with van der Waals surface area (Å²) in [7, 11) is 0. The molecule has 3 aliphatic rings. The molecular weight excluding hydrogens is 679 g/mol. The third-order valence-electron chi connectivity index (χ3n) is 9.08. The van der Waals surface area contributed by atoms with Crippen LogP contribution in [0, 0.1) is 11.8 Å². The summed E-state index contributed by atoms with van der Waals surface area (Å²) in [5, 5.41) is 38.1. The van der Waals surface area contributed by atoms with Crippen molar-refractivity contribution in [2.24, 2.45) is 16.9 Å². The zero-order valence-electron chi connectivity index (χ0n) is 27.1. The van der Waals surface area contributed by atoms with Gasteiger partial charge in [-0.05, 0) is 84.4 Å². The van der Waals surface area contributed by atoms with Crippen molar-refractivity contribution in [3.63, 3.8) is 0 Å². The van der Waals surface area contributed by atoms with Gasteiger partial charge in [-0.25, -0.2) is 10.2 Å². The molecule has 2 heterocycles. The minimum Gasteiger partial charge on any atom is -0.508 e. The average molecular weight is 716 g/mol. The maximum atomic E-state index is 12.8. The van der Waals surface area contributed by atoms with Crippen molar-refractivity contribution in [2.75, 3.05) is 22.6 Å². The van der Waals surface area contributed by atoms with Gasteiger partial charge in [-0.15, -0.1) is 11.8 Å². The van der Waals surface area contributed by atoms with E-state index >= 15 is 0 Å². The summed E-state index contributed by atoms with van der Waals surface area (Å²) in [6.07, 6.45) is 4.48. The van der Waals surface area contributed by atoms with Crippen LogP contribution >= 0.6 is 23.5 Å². The number of carboxylic acids is 2. The standard InChI is InChI=1S/C37H37N3O8S2/c1-20-6-9-26-30(12-20)48-31-16-24(41)8-11-27(31)36(26)25-10-7-22(14-29(25)37(46)47)38-33(42)18-49-19-34(43)40-39-23-13-21-17-50-32(28(21)15-23)4-2-3-5-35(44)45/h6-12,14,16,21,28,32,41H,1-5,13,15,17-19H2,(H,38,42)(H,40,43)(H,44,45)(H,46,47)/b39-23+/t21?,28?,32-/m0/s1. The number of phenols is 1. The number of aromatic hydroxyl groups is 1. The minimum atomic E-state index is -1.19. The Morgan fingerprint density at radius 3 is 2.54 bits per heavy atom. The maximum Gasteiger partial charge on any atom is 0.336 e. The number of anilines is 1. The number of amides is 2. The van der Waals surface area contributed by atoms with E-state index < -0.39 is 11.9 Å². The van der Waals surface area contributed by atoms with Crippen LogP contribution in [0.3, 0.4) is 0 Å². The third kappa shape index (κ3) is 8.16. The Hall–Kier alpha value is -4.75. The second-order valence-corrected chi connectivity index (χ2v) is 14.9. The second kappa shape index (κ2) is 15.4. The number of benzene rings is 3. The van der Waals surface area contributed by atoms with Crippen molar-refractivity contribution in [3.05, 3.63) is 81.7 Å². The number of carbonyl (C=O) groups excluding carboxylic acids is 2. The number of phenolic OH excluding ortho intramolecular Hbond substituents is 1. The van der Waals surface area contributed by atoms with Gasteiger partial charge < -0.3 is 25.4 Å². The fourth-order valence-electron chi connectivity index (χ4n) is 6.81. The number of unbranched alkanes of at least 4 members (excludes halogenated alkanes) is 1. The van der Waals surface area contributed by atoms with Crippen LogP contribution in [0.1, 0.15) is 60.0 Å². The smallest absolute Gasteiger partial charge is 0.336 e. The zero-order chi connectivity index (χ0) is 35.4. The first-order chi connectivity index (χ1) is 24.0. The SMILES string of the molecule is C=c1ccc2c(c1)Oc1cc(O)ccc1C=2c1ccc(NC(=O)CSCC(=O)N/N=C2\CC3CS[C@@H](CCCCC(=O)O)C3C2)cc1C(=O)O. The lowest BCUT2D eigenvalue weighted by atomic mass is 9.89. The summed E-state index contributed by atoms with van der Waals surface area (Å²) in [5.74, 6) is 0.327. The number of aromatic carboxylic acids is 1. The van der Waals surface area contributed by atoms with Gasteiger partial charge in [-0.2, -0.15) is 16.9 Å². The summed E-state index contributed by atoms with van der Waals surface area (Å²) in [6.45, 7) is 3.95. The van der Waals surface area contributed by atoms with Crippen LogP contribution in [0.4, 0.5) is 5.69 Å². The van der Waals surface area contributed by atoms with E-state index in [1.807, 2.05) is 17.8 Å². The number of hydrazone groups is 1. The normalized spacial score (nSPS) is 19.6. The lowest BCUT2D eigenvalue weighted by Crippen LogP contribution is -2.23. The molecule has 1 saturated heterocycles. The predicted octanol–water partition coefficient (Wildman–Crippen LogP) is 4.78. The Bertz CT molecular complexity index is 2000. The number of fused-ring (bicyclic) bond motifs is 3. The highest BCUT2D eigenvalue weighted by Crippen LogP contribution is 2.47. The van der Waals surface area contributed by atoms with Gasteiger partial charge in [-0.3, -0.25) is 14.4 Å². The first-order valence-electron chi connectivity index (χ1n) is 16.3. The van der Waals surface area contributed by atoms with E-state index in [9.17, 15) is 29.4 Å². The highest BCUT2D eigenvalue weighted by molar-refractivity contribution is 8.00. The Morgan fingerprint density at radius 2 is 1.74 bits per heavy atom. The molecule has 0 aromatic heterocycles. The molecule has 1 aliphatic carbocycles. The van der Waals surface area contributed by atoms with Crippen molar-refractivity contribution in [2.45, 2.75) is 43.8 Å². The molecule has 13 heteroatoms. The Balaban J connectivity index is 1.04. The van der Waals surface area contributed by atoms with Crippen molar-refractivity contribution in [1.82, 2.24) is 5.43 Å². The van der Waals surface area contributed by atoms with E-state index in [4.69, 9.17) is 9.84 Å². The highest BCUT2D eigenvalue weighted by atomic mass is 32.2. The van der Waals surface area contributed by atoms with E-state index in [2.05, 4.69) is 22.4 Å². The highest BCUT2D eigenvalue weighted by Gasteiger charge is 2.42. The molecule has 2 unspecified atom stereocenters. The molecule has 0 radical (unpaired) electrons. The van der Waals surface area contributed by atoms with Gasteiger partial charge in [0.1, 0.15) is 17.2 Å². The molecule has 0 bridgehead atoms. The number of nitrogens with zero attached hydrogens (tertiary/aromatic N) is 1. The molecule has 0 spiro atoms. The number of hydrogen-bond donors (Lipinski definition) is 5. The third-order valence-corrected chi connectivity index (χ3v) is 11.7. The summed E-state index contributed by atoms with van der Waals surface area (Å²) in [6, 6.07) is 14.7. The van der Waals surface area contributed by atoms with Gasteiger partial charge in [-0.1, -0.05) is 31.2 Å². The van der Waals surface area contributed by atoms with Crippen LogP contribution in [0.2, 0.25) is 0 Å². The predicted molar refractivity (Wildman–Crippen MR) is 195 cm³/mol. The fourth-order valence-corrected chi connectivity index (χ4v) is 9.18. The van der Waals surface area contributed by atoms with Crippen LogP contribution in [0.25, 0.3) is 12.2 Å². The van der Waals surface area contributed by atoms with Gasteiger partial charge in [0.2, 0.25) is 11.8 Å². The molecule has 50 heavy (non-hydrogen) atoms. The number of nitrogens with one attached hydrogen (secondary N) is 2. The number of carboxylic acid groups (broad SMARTS) is 2. The number of hydrogen-bond acceptors (Lipinski definition) is 9. The van der Waals surface area contributed by atoms with Crippen LogP contribution < -0.4 is 25.9 Å². The molecule has 6 rings (SSSR count). The van der Waals surface area contributed by atoms with Crippen molar-refractivity contribution in [3.8, 4) is 17.2 Å². The van der Waals surface area contributed by atoms with Crippen LogP contribution in [0.15, 0.2) is 59.7 Å². The van der Waals surface area contributed by atoms with E-state index in [1.54, 1.807) is 30.3 Å². The number of aliphatic carboxylic acids is 1. The summed E-state index contributed by atoms with van der Waals surface area (Å²) in [5.41, 5.74) is 5.48. The van der Waals surface area contributed by atoms with Gasteiger partial charge in [0.25, 0.3) is 0 Å². The van der Waals surface area contributed by atoms with Crippen LogP contribution in [0.5, 0.6) is 17.2 Å². The first kappa shape index (κ1) is 35.1. The quantitative estimate of drug-likeness (QED) is 0.0957. The Kier molecular flexibility index (Phi) is 10.8. The summed E-state index contributed by atoms with van der Waals surface area (Å²) >= 11 is 3.09. The topological polar surface area (TPSA) is 175 Å². The molecular formula is C37H37N3O8S2. The van der Waals surface area contributed by atoms with Crippen LogP contribution in [-0.4, -0.2) is 67.3 Å². The summed E-state index contributed by atoms with van der Waals surface area (Å²) in [4.78, 5) is 48.5. The molecule has 5 N–H and O–H groups in total. The van der Waals surface area contributed by atoms with Crippen molar-refractivity contribution in [1.29, 1.82) is 0 Å². The number of carbonyl (C=O) groups is 4. The molecule has 260 valence electrons. The van der Waals surface area contributed by atoms with E-state index in [0.717, 1.165) is 48.9 Å². The maximum absolute atomic E-state index is 12.8. The monoisotopic (exact) mass is 715 g/mol. The lowest BCUT2D eigenvalue weighted by Gasteiger charge is -2.22. The number of rotatable bonds is 13. The van der Waals surface area contributed by atoms with Gasteiger partial charge in [0, 0.05) is 45.5 Å². The molecule has 2 aliphatic heterocycles.